The molecule has 0 radical (unpaired) electrons. The predicted molar refractivity (Wildman–Crippen MR) is 77.4 cm³/mol. The van der Waals surface area contributed by atoms with Crippen LogP contribution >= 0.6 is 0 Å². The Kier molecular flexibility index (Phi) is 2.99. The van der Waals surface area contributed by atoms with Gasteiger partial charge in [0.05, 0.1) is 5.52 Å². The van der Waals surface area contributed by atoms with Gasteiger partial charge in [-0.15, -0.1) is 0 Å². The van der Waals surface area contributed by atoms with Crippen molar-refractivity contribution in [1.82, 2.24) is 4.98 Å². The van der Waals surface area contributed by atoms with Crippen LogP contribution in [0.25, 0.3) is 10.9 Å². The summed E-state index contributed by atoms with van der Waals surface area (Å²) < 4.78 is 18.5. The molecule has 0 aliphatic rings. The van der Waals surface area contributed by atoms with E-state index in [9.17, 15) is 4.39 Å². The Morgan fingerprint density at radius 2 is 1.70 bits per heavy atom. The number of aryl methyl sites for hydroxylation is 1. The third-order valence-electron chi connectivity index (χ3n) is 2.99. The molecule has 0 aliphatic carbocycles. The topological polar surface area (TPSA) is 48.1 Å². The predicted octanol–water partition coefficient (Wildman–Crippen LogP) is 4.06. The average Bonchev–Trinajstić information content (AvgIpc) is 2.42. The van der Waals surface area contributed by atoms with Gasteiger partial charge in [0.25, 0.3) is 0 Å². The Balaban J connectivity index is 1.98. The highest BCUT2D eigenvalue weighted by molar-refractivity contribution is 5.91. The molecule has 0 saturated carbocycles. The van der Waals surface area contributed by atoms with Crippen LogP contribution in [-0.2, 0) is 0 Å². The number of hydrogen-bond acceptors (Lipinski definition) is 3. The molecule has 0 aliphatic heterocycles. The summed E-state index contributed by atoms with van der Waals surface area (Å²) in [5.74, 6) is 0.922. The summed E-state index contributed by atoms with van der Waals surface area (Å²) >= 11 is 0. The van der Waals surface area contributed by atoms with E-state index in [1.54, 1.807) is 12.1 Å². The van der Waals surface area contributed by atoms with Crippen LogP contribution in [0.1, 0.15) is 5.69 Å². The Hall–Kier alpha value is -2.62. The Morgan fingerprint density at radius 1 is 1.00 bits per heavy atom. The van der Waals surface area contributed by atoms with Crippen molar-refractivity contribution < 1.29 is 9.13 Å². The van der Waals surface area contributed by atoms with E-state index in [2.05, 4.69) is 4.98 Å². The van der Waals surface area contributed by atoms with Gasteiger partial charge in [0.15, 0.2) is 0 Å². The summed E-state index contributed by atoms with van der Waals surface area (Å²) in [6.07, 6.45) is 0. The second kappa shape index (κ2) is 4.81. The van der Waals surface area contributed by atoms with Gasteiger partial charge in [-0.3, -0.25) is 4.98 Å². The lowest BCUT2D eigenvalue weighted by Gasteiger charge is -2.08. The van der Waals surface area contributed by atoms with Gasteiger partial charge in [0.1, 0.15) is 17.3 Å². The minimum Gasteiger partial charge on any atom is -0.457 e. The number of pyridine rings is 1. The fraction of sp³-hybridized carbons (Fsp3) is 0.0625. The first-order valence-electron chi connectivity index (χ1n) is 6.22. The van der Waals surface area contributed by atoms with Crippen LogP contribution in [0.5, 0.6) is 11.5 Å². The van der Waals surface area contributed by atoms with Gasteiger partial charge in [0, 0.05) is 16.8 Å². The highest BCUT2D eigenvalue weighted by Gasteiger charge is 2.04. The molecule has 20 heavy (non-hydrogen) atoms. The van der Waals surface area contributed by atoms with Gasteiger partial charge in [-0.05, 0) is 55.5 Å². The van der Waals surface area contributed by atoms with E-state index >= 15 is 0 Å². The third-order valence-corrected chi connectivity index (χ3v) is 2.99. The van der Waals surface area contributed by atoms with E-state index in [-0.39, 0.29) is 5.82 Å². The van der Waals surface area contributed by atoms with Crippen molar-refractivity contribution in [2.75, 3.05) is 5.73 Å². The van der Waals surface area contributed by atoms with Crippen LogP contribution in [0.15, 0.2) is 48.5 Å². The van der Waals surface area contributed by atoms with Gasteiger partial charge in [-0.1, -0.05) is 0 Å². The first-order chi connectivity index (χ1) is 9.61. The fourth-order valence-corrected chi connectivity index (χ4v) is 2.07. The third kappa shape index (κ3) is 2.40. The molecular formula is C16H13FN2O. The van der Waals surface area contributed by atoms with E-state index in [1.165, 1.54) is 12.1 Å². The average molecular weight is 268 g/mol. The standard InChI is InChI=1S/C16H13FN2O/c1-10-8-15(18)14-9-13(6-7-16(14)19-10)20-12-4-2-11(17)3-5-12/h2-9H,1H3,(H2,18,19). The van der Waals surface area contributed by atoms with Crippen LogP contribution < -0.4 is 10.5 Å². The van der Waals surface area contributed by atoms with Crippen molar-refractivity contribution in [1.29, 1.82) is 0 Å². The molecule has 2 aromatic carbocycles. The number of nitrogens with zero attached hydrogens (tertiary/aromatic N) is 1. The Morgan fingerprint density at radius 3 is 2.45 bits per heavy atom. The van der Waals surface area contributed by atoms with E-state index in [4.69, 9.17) is 10.5 Å². The normalized spacial score (nSPS) is 10.7. The van der Waals surface area contributed by atoms with Crippen LogP contribution in [0.3, 0.4) is 0 Å². The maximum atomic E-state index is 12.8. The quantitative estimate of drug-likeness (QED) is 0.762. The fourth-order valence-electron chi connectivity index (χ4n) is 2.07. The molecule has 0 bridgehead atoms. The first kappa shape index (κ1) is 12.4. The summed E-state index contributed by atoms with van der Waals surface area (Å²) in [6.45, 7) is 1.90. The Bertz CT molecular complexity index is 769. The lowest BCUT2D eigenvalue weighted by atomic mass is 10.1. The molecule has 0 saturated heterocycles. The number of hydrogen-bond donors (Lipinski definition) is 1. The van der Waals surface area contributed by atoms with Crippen LogP contribution in [0.4, 0.5) is 10.1 Å². The number of halogens is 1. The molecule has 0 spiro atoms. The van der Waals surface area contributed by atoms with Crippen LogP contribution in [-0.4, -0.2) is 4.98 Å². The molecule has 4 heteroatoms. The molecule has 3 aromatic rings. The van der Waals surface area contributed by atoms with Gasteiger partial charge >= 0.3 is 0 Å². The Labute approximate surface area is 115 Å². The number of fused-ring (bicyclic) bond motifs is 1. The molecule has 100 valence electrons. The summed E-state index contributed by atoms with van der Waals surface area (Å²) in [4.78, 5) is 4.41. The largest absolute Gasteiger partial charge is 0.457 e. The monoisotopic (exact) mass is 268 g/mol. The van der Waals surface area contributed by atoms with Gasteiger partial charge in [-0.2, -0.15) is 0 Å². The summed E-state index contributed by atoms with van der Waals surface area (Å²) in [5, 5.41) is 0.843. The highest BCUT2D eigenvalue weighted by atomic mass is 19.1. The highest BCUT2D eigenvalue weighted by Crippen LogP contribution is 2.28. The molecule has 1 heterocycles. The minimum atomic E-state index is -0.292. The molecule has 1 aromatic heterocycles. The molecular weight excluding hydrogens is 255 g/mol. The lowest BCUT2D eigenvalue weighted by Crippen LogP contribution is -1.93. The van der Waals surface area contributed by atoms with Crippen molar-refractivity contribution in [2.45, 2.75) is 6.92 Å². The van der Waals surface area contributed by atoms with Crippen molar-refractivity contribution in [2.24, 2.45) is 0 Å². The van der Waals surface area contributed by atoms with Crippen molar-refractivity contribution in [3.8, 4) is 11.5 Å². The smallest absolute Gasteiger partial charge is 0.128 e. The zero-order valence-corrected chi connectivity index (χ0v) is 10.9. The second-order valence-corrected chi connectivity index (χ2v) is 4.59. The second-order valence-electron chi connectivity index (χ2n) is 4.59. The van der Waals surface area contributed by atoms with Gasteiger partial charge in [0.2, 0.25) is 0 Å². The lowest BCUT2D eigenvalue weighted by molar-refractivity contribution is 0.481. The van der Waals surface area contributed by atoms with Crippen molar-refractivity contribution in [3.63, 3.8) is 0 Å². The maximum absolute atomic E-state index is 12.8. The SMILES string of the molecule is Cc1cc(N)c2cc(Oc3ccc(F)cc3)ccc2n1. The summed E-state index contributed by atoms with van der Waals surface area (Å²) in [6, 6.07) is 13.2. The summed E-state index contributed by atoms with van der Waals surface area (Å²) in [5.41, 5.74) is 8.36. The number of aromatic nitrogens is 1. The number of nitrogen functional groups attached to an aromatic ring is 1. The van der Waals surface area contributed by atoms with E-state index < -0.39 is 0 Å². The van der Waals surface area contributed by atoms with E-state index in [0.29, 0.717) is 17.2 Å². The van der Waals surface area contributed by atoms with Gasteiger partial charge < -0.3 is 10.5 Å². The van der Waals surface area contributed by atoms with Crippen LogP contribution in [0.2, 0.25) is 0 Å². The number of nitrogens with two attached hydrogens (primary N) is 1. The maximum Gasteiger partial charge on any atom is 0.128 e. The van der Waals surface area contributed by atoms with Crippen molar-refractivity contribution >= 4 is 16.6 Å². The number of anilines is 1. The molecule has 0 unspecified atom stereocenters. The molecule has 0 amide bonds. The minimum absolute atomic E-state index is 0.292. The first-order valence-corrected chi connectivity index (χ1v) is 6.22. The zero-order chi connectivity index (χ0) is 14.1. The number of benzene rings is 2. The molecule has 3 nitrogen and oxygen atoms in total. The molecule has 3 rings (SSSR count). The zero-order valence-electron chi connectivity index (χ0n) is 10.9. The summed E-state index contributed by atoms with van der Waals surface area (Å²) in [7, 11) is 0. The number of ether oxygens (including phenoxy) is 1. The van der Waals surface area contributed by atoms with Crippen LogP contribution in [0, 0.1) is 12.7 Å². The van der Waals surface area contributed by atoms with Gasteiger partial charge in [-0.25, -0.2) is 4.39 Å². The number of rotatable bonds is 2. The van der Waals surface area contributed by atoms with Crippen molar-refractivity contribution in [3.05, 3.63) is 60.0 Å². The van der Waals surface area contributed by atoms with E-state index in [1.807, 2.05) is 31.2 Å². The molecule has 0 atom stereocenters. The molecule has 0 fully saturated rings. The molecule has 2 N–H and O–H groups in total. The van der Waals surface area contributed by atoms with E-state index in [0.717, 1.165) is 16.6 Å².